The van der Waals surface area contributed by atoms with Gasteiger partial charge in [-0.15, -0.1) is 0 Å². The number of rotatable bonds is 5. The van der Waals surface area contributed by atoms with Crippen molar-refractivity contribution in [1.29, 1.82) is 0 Å². The Labute approximate surface area is 124 Å². The Kier molecular flexibility index (Phi) is 5.20. The van der Waals surface area contributed by atoms with Crippen molar-refractivity contribution in [2.24, 2.45) is 5.92 Å². The van der Waals surface area contributed by atoms with Crippen molar-refractivity contribution in [2.45, 2.75) is 26.2 Å². The summed E-state index contributed by atoms with van der Waals surface area (Å²) >= 11 is 0. The number of hydrogen-bond acceptors (Lipinski definition) is 3. The van der Waals surface area contributed by atoms with E-state index in [1.165, 1.54) is 0 Å². The topological polar surface area (TPSA) is 66.8 Å². The number of piperidine rings is 1. The molecule has 0 bridgehead atoms. The maximum absolute atomic E-state index is 12.1. The number of carboxylic acids is 1. The van der Waals surface area contributed by atoms with Crippen molar-refractivity contribution >= 4 is 11.9 Å². The summed E-state index contributed by atoms with van der Waals surface area (Å²) in [6.07, 6.45) is 1.68. The summed E-state index contributed by atoms with van der Waals surface area (Å²) in [6.45, 7) is 3.24. The molecule has 0 saturated carbocycles. The molecule has 1 aromatic carbocycles. The van der Waals surface area contributed by atoms with E-state index in [4.69, 9.17) is 9.84 Å². The number of carbonyl (C=O) groups excluding carboxylic acids is 1. The first-order valence-corrected chi connectivity index (χ1v) is 7.27. The minimum absolute atomic E-state index is 0.0328. The second-order valence-electron chi connectivity index (χ2n) is 5.38. The van der Waals surface area contributed by atoms with Crippen LogP contribution in [0.25, 0.3) is 0 Å². The van der Waals surface area contributed by atoms with Gasteiger partial charge in [0.2, 0.25) is 5.91 Å². The van der Waals surface area contributed by atoms with E-state index in [1.54, 1.807) is 4.90 Å². The SMILES string of the molecule is Cc1ccccc1OCCC(=O)N1CCC[C@@H](C(=O)O)C1. The molecule has 1 fully saturated rings. The molecule has 0 radical (unpaired) electrons. The molecule has 5 heteroatoms. The van der Waals surface area contributed by atoms with Crippen molar-refractivity contribution in [1.82, 2.24) is 4.90 Å². The molecule has 1 aromatic rings. The van der Waals surface area contributed by atoms with Gasteiger partial charge in [-0.1, -0.05) is 18.2 Å². The number of benzene rings is 1. The average Bonchev–Trinajstić information content (AvgIpc) is 2.49. The fourth-order valence-electron chi connectivity index (χ4n) is 2.53. The minimum Gasteiger partial charge on any atom is -0.493 e. The Bertz CT molecular complexity index is 515. The number of ether oxygens (including phenoxy) is 1. The molecule has 1 aliphatic heterocycles. The van der Waals surface area contributed by atoms with Crippen LogP contribution in [0.15, 0.2) is 24.3 Å². The molecular formula is C16H21NO4. The number of carboxylic acid groups (broad SMARTS) is 1. The summed E-state index contributed by atoms with van der Waals surface area (Å²) in [4.78, 5) is 24.7. The third-order valence-corrected chi connectivity index (χ3v) is 3.79. The van der Waals surface area contributed by atoms with Crippen molar-refractivity contribution in [3.8, 4) is 5.75 Å². The first-order valence-electron chi connectivity index (χ1n) is 7.27. The standard InChI is InChI=1S/C16H21NO4/c1-12-5-2-3-7-14(12)21-10-8-15(18)17-9-4-6-13(11-17)16(19)20/h2-3,5,7,13H,4,6,8-11H2,1H3,(H,19,20)/t13-/m1/s1. The van der Waals surface area contributed by atoms with Gasteiger partial charge in [-0.05, 0) is 31.4 Å². The highest BCUT2D eigenvalue weighted by atomic mass is 16.5. The van der Waals surface area contributed by atoms with Gasteiger partial charge in [-0.25, -0.2) is 0 Å². The average molecular weight is 291 g/mol. The minimum atomic E-state index is -0.816. The van der Waals surface area contributed by atoms with Crippen LogP contribution >= 0.6 is 0 Å². The Morgan fingerprint density at radius 1 is 1.38 bits per heavy atom. The lowest BCUT2D eigenvalue weighted by molar-refractivity contribution is -0.145. The molecule has 1 N–H and O–H groups in total. The van der Waals surface area contributed by atoms with Crippen LogP contribution < -0.4 is 4.74 Å². The number of amides is 1. The van der Waals surface area contributed by atoms with Crippen LogP contribution in [0.5, 0.6) is 5.75 Å². The van der Waals surface area contributed by atoms with Gasteiger partial charge in [-0.2, -0.15) is 0 Å². The van der Waals surface area contributed by atoms with Crippen LogP contribution in [-0.4, -0.2) is 41.6 Å². The highest BCUT2D eigenvalue weighted by Gasteiger charge is 2.27. The van der Waals surface area contributed by atoms with E-state index < -0.39 is 11.9 Å². The number of likely N-dealkylation sites (tertiary alicyclic amines) is 1. The number of nitrogens with zero attached hydrogens (tertiary/aromatic N) is 1. The van der Waals surface area contributed by atoms with Gasteiger partial charge < -0.3 is 14.7 Å². The maximum Gasteiger partial charge on any atom is 0.308 e. The molecule has 5 nitrogen and oxygen atoms in total. The molecule has 0 spiro atoms. The first kappa shape index (κ1) is 15.4. The molecule has 0 aliphatic carbocycles. The molecule has 114 valence electrons. The number of hydrogen-bond donors (Lipinski definition) is 1. The Hall–Kier alpha value is -2.04. The van der Waals surface area contributed by atoms with Crippen LogP contribution in [0.3, 0.4) is 0 Å². The second-order valence-corrected chi connectivity index (χ2v) is 5.38. The fraction of sp³-hybridized carbons (Fsp3) is 0.500. The molecule has 0 aromatic heterocycles. The summed E-state index contributed by atoms with van der Waals surface area (Å²) < 4.78 is 5.61. The van der Waals surface area contributed by atoms with Gasteiger partial charge in [0.25, 0.3) is 0 Å². The van der Waals surface area contributed by atoms with E-state index in [-0.39, 0.29) is 12.3 Å². The Morgan fingerprint density at radius 2 is 2.14 bits per heavy atom. The summed E-state index contributed by atoms with van der Waals surface area (Å²) in [5.74, 6) is -0.495. The van der Waals surface area contributed by atoms with Gasteiger partial charge >= 0.3 is 5.97 Å². The monoisotopic (exact) mass is 291 g/mol. The van der Waals surface area contributed by atoms with Crippen LogP contribution in [-0.2, 0) is 9.59 Å². The van der Waals surface area contributed by atoms with Crippen LogP contribution in [0, 0.1) is 12.8 Å². The van der Waals surface area contributed by atoms with E-state index in [2.05, 4.69) is 0 Å². The van der Waals surface area contributed by atoms with Crippen LogP contribution in [0.1, 0.15) is 24.8 Å². The van der Waals surface area contributed by atoms with Crippen molar-refractivity contribution in [2.75, 3.05) is 19.7 Å². The first-order chi connectivity index (χ1) is 10.1. The van der Waals surface area contributed by atoms with Gasteiger partial charge in [0, 0.05) is 13.1 Å². The van der Waals surface area contributed by atoms with Gasteiger partial charge in [0.1, 0.15) is 5.75 Å². The molecule has 1 saturated heterocycles. The number of carbonyl (C=O) groups is 2. The zero-order valence-corrected chi connectivity index (χ0v) is 12.2. The second kappa shape index (κ2) is 7.11. The lowest BCUT2D eigenvalue weighted by Crippen LogP contribution is -2.42. The quantitative estimate of drug-likeness (QED) is 0.902. The predicted octanol–water partition coefficient (Wildman–Crippen LogP) is 2.09. The molecule has 1 heterocycles. The molecule has 21 heavy (non-hydrogen) atoms. The van der Waals surface area contributed by atoms with Gasteiger partial charge in [0.15, 0.2) is 0 Å². The predicted molar refractivity (Wildman–Crippen MR) is 78.2 cm³/mol. The largest absolute Gasteiger partial charge is 0.493 e. The smallest absolute Gasteiger partial charge is 0.308 e. The summed E-state index contributed by atoms with van der Waals surface area (Å²) in [5, 5.41) is 9.03. The lowest BCUT2D eigenvalue weighted by Gasteiger charge is -2.30. The molecule has 1 amide bonds. The number of aryl methyl sites for hydroxylation is 1. The fourth-order valence-corrected chi connectivity index (χ4v) is 2.53. The highest BCUT2D eigenvalue weighted by Crippen LogP contribution is 2.18. The van der Waals surface area contributed by atoms with Gasteiger partial charge in [-0.3, -0.25) is 9.59 Å². The maximum atomic E-state index is 12.1. The highest BCUT2D eigenvalue weighted by molar-refractivity contribution is 5.78. The Balaban J connectivity index is 1.79. The van der Waals surface area contributed by atoms with E-state index >= 15 is 0 Å². The third kappa shape index (κ3) is 4.21. The zero-order chi connectivity index (χ0) is 15.2. The van der Waals surface area contributed by atoms with Crippen LogP contribution in [0.4, 0.5) is 0 Å². The van der Waals surface area contributed by atoms with Gasteiger partial charge in [0.05, 0.1) is 18.9 Å². The molecule has 2 rings (SSSR count). The molecule has 1 aliphatic rings. The summed E-state index contributed by atoms with van der Waals surface area (Å²) in [7, 11) is 0. The lowest BCUT2D eigenvalue weighted by atomic mass is 9.98. The van der Waals surface area contributed by atoms with Crippen molar-refractivity contribution < 1.29 is 19.4 Å². The summed E-state index contributed by atoms with van der Waals surface area (Å²) in [5.41, 5.74) is 1.04. The molecule has 1 atom stereocenters. The zero-order valence-electron chi connectivity index (χ0n) is 12.2. The van der Waals surface area contributed by atoms with Crippen molar-refractivity contribution in [3.63, 3.8) is 0 Å². The third-order valence-electron chi connectivity index (χ3n) is 3.79. The van der Waals surface area contributed by atoms with Crippen molar-refractivity contribution in [3.05, 3.63) is 29.8 Å². The number of aliphatic carboxylic acids is 1. The van der Waals surface area contributed by atoms with E-state index in [0.717, 1.165) is 17.7 Å². The van der Waals surface area contributed by atoms with E-state index in [9.17, 15) is 9.59 Å². The Morgan fingerprint density at radius 3 is 2.86 bits per heavy atom. The number of para-hydroxylation sites is 1. The van der Waals surface area contributed by atoms with E-state index in [0.29, 0.717) is 26.1 Å². The normalized spacial score (nSPS) is 18.3. The van der Waals surface area contributed by atoms with E-state index in [1.807, 2.05) is 31.2 Å². The molecule has 0 unspecified atom stereocenters. The molecular weight excluding hydrogens is 270 g/mol. The van der Waals surface area contributed by atoms with Crippen LogP contribution in [0.2, 0.25) is 0 Å². The summed E-state index contributed by atoms with van der Waals surface area (Å²) in [6, 6.07) is 7.67.